The normalized spacial score (nSPS) is 26.2. The number of hydrogen-bond acceptors (Lipinski definition) is 4. The standard InChI is InChI=1S/C23H30N2O4S/c1-13-10-11-17-18(12-13)30-22(19(17)21(27)24-14-6-2-3-7-14)25-20(26)15-8-4-5-9-16(15)23(28)29/h4-5,13-16H,2-3,6-12H2,1H3,(H,24,27)(H,25,26)(H,28,29)/t13-,15+,16+/m1/s1. The number of thiophene rings is 1. The number of nitrogens with one attached hydrogen (secondary N) is 2. The van der Waals surface area contributed by atoms with Crippen LogP contribution in [0.5, 0.6) is 0 Å². The largest absolute Gasteiger partial charge is 0.481 e. The fourth-order valence-corrected chi connectivity index (χ4v) is 6.40. The lowest BCUT2D eigenvalue weighted by Gasteiger charge is -2.24. The van der Waals surface area contributed by atoms with Crippen LogP contribution in [0.15, 0.2) is 12.2 Å². The molecule has 3 N–H and O–H groups in total. The molecule has 6 nitrogen and oxygen atoms in total. The van der Waals surface area contributed by atoms with Crippen molar-refractivity contribution in [1.82, 2.24) is 5.32 Å². The zero-order valence-corrected chi connectivity index (χ0v) is 18.2. The van der Waals surface area contributed by atoms with Crippen LogP contribution in [0.2, 0.25) is 0 Å². The highest BCUT2D eigenvalue weighted by atomic mass is 32.1. The van der Waals surface area contributed by atoms with E-state index in [1.165, 1.54) is 16.2 Å². The Morgan fingerprint density at radius 2 is 1.77 bits per heavy atom. The molecule has 162 valence electrons. The molecule has 3 aliphatic rings. The third-order valence-corrected chi connectivity index (χ3v) is 7.92. The van der Waals surface area contributed by atoms with Crippen LogP contribution >= 0.6 is 11.3 Å². The van der Waals surface area contributed by atoms with Crippen molar-refractivity contribution >= 4 is 34.1 Å². The Morgan fingerprint density at radius 1 is 1.07 bits per heavy atom. The third-order valence-electron chi connectivity index (χ3n) is 6.75. The summed E-state index contributed by atoms with van der Waals surface area (Å²) in [4.78, 5) is 39.0. The lowest BCUT2D eigenvalue weighted by Crippen LogP contribution is -2.36. The first kappa shape index (κ1) is 21.1. The van der Waals surface area contributed by atoms with E-state index in [4.69, 9.17) is 0 Å². The van der Waals surface area contributed by atoms with Crippen molar-refractivity contribution in [3.63, 3.8) is 0 Å². The van der Waals surface area contributed by atoms with E-state index in [9.17, 15) is 19.5 Å². The Kier molecular flexibility index (Phi) is 6.27. The van der Waals surface area contributed by atoms with E-state index in [-0.39, 0.29) is 17.9 Å². The monoisotopic (exact) mass is 430 g/mol. The number of carbonyl (C=O) groups excluding carboxylic acids is 2. The predicted octanol–water partition coefficient (Wildman–Crippen LogP) is 4.15. The van der Waals surface area contributed by atoms with Crippen molar-refractivity contribution in [3.05, 3.63) is 28.2 Å². The molecule has 1 aromatic heterocycles. The number of carbonyl (C=O) groups is 3. The van der Waals surface area contributed by atoms with Crippen LogP contribution in [0.3, 0.4) is 0 Å². The number of allylic oxidation sites excluding steroid dienone is 2. The van der Waals surface area contributed by atoms with E-state index in [1.807, 2.05) is 12.2 Å². The molecular formula is C23H30N2O4S. The molecule has 0 saturated heterocycles. The molecule has 3 aliphatic carbocycles. The molecular weight excluding hydrogens is 400 g/mol. The van der Waals surface area contributed by atoms with E-state index < -0.39 is 17.8 Å². The Morgan fingerprint density at radius 3 is 2.47 bits per heavy atom. The molecule has 30 heavy (non-hydrogen) atoms. The summed E-state index contributed by atoms with van der Waals surface area (Å²) in [5.74, 6) is -2.11. The third kappa shape index (κ3) is 4.31. The summed E-state index contributed by atoms with van der Waals surface area (Å²) in [6.45, 7) is 2.21. The average Bonchev–Trinajstić information content (AvgIpc) is 3.34. The lowest BCUT2D eigenvalue weighted by molar-refractivity contribution is -0.146. The van der Waals surface area contributed by atoms with E-state index in [1.54, 1.807) is 0 Å². The summed E-state index contributed by atoms with van der Waals surface area (Å²) >= 11 is 1.50. The van der Waals surface area contributed by atoms with Gasteiger partial charge in [-0.2, -0.15) is 0 Å². The highest BCUT2D eigenvalue weighted by molar-refractivity contribution is 7.17. The van der Waals surface area contributed by atoms with Gasteiger partial charge in [0.1, 0.15) is 5.00 Å². The first-order valence-corrected chi connectivity index (χ1v) is 11.9. The van der Waals surface area contributed by atoms with Gasteiger partial charge in [-0.15, -0.1) is 11.3 Å². The zero-order chi connectivity index (χ0) is 21.3. The maximum Gasteiger partial charge on any atom is 0.307 e. The molecule has 0 spiro atoms. The van der Waals surface area contributed by atoms with Gasteiger partial charge < -0.3 is 15.7 Å². The second kappa shape index (κ2) is 8.92. The van der Waals surface area contributed by atoms with E-state index in [0.717, 1.165) is 50.5 Å². The average molecular weight is 431 g/mol. The summed E-state index contributed by atoms with van der Waals surface area (Å²) in [5.41, 5.74) is 1.68. The summed E-state index contributed by atoms with van der Waals surface area (Å²) in [5, 5.41) is 16.2. The van der Waals surface area contributed by atoms with Gasteiger partial charge in [-0.25, -0.2) is 0 Å². The molecule has 1 aromatic rings. The number of hydrogen-bond donors (Lipinski definition) is 3. The molecule has 0 aliphatic heterocycles. The van der Waals surface area contributed by atoms with Gasteiger partial charge in [-0.1, -0.05) is 31.9 Å². The number of rotatable bonds is 5. The highest BCUT2D eigenvalue weighted by Gasteiger charge is 2.36. The van der Waals surface area contributed by atoms with Gasteiger partial charge in [0.15, 0.2) is 0 Å². The maximum atomic E-state index is 13.2. The first-order valence-electron chi connectivity index (χ1n) is 11.1. The second-order valence-electron chi connectivity index (χ2n) is 8.99. The number of fused-ring (bicyclic) bond motifs is 1. The van der Waals surface area contributed by atoms with Crippen molar-refractivity contribution in [2.45, 2.75) is 70.8 Å². The fourth-order valence-electron chi connectivity index (χ4n) is 4.99. The fraction of sp³-hybridized carbons (Fsp3) is 0.609. The van der Waals surface area contributed by atoms with Gasteiger partial charge in [-0.3, -0.25) is 14.4 Å². The summed E-state index contributed by atoms with van der Waals surface area (Å²) in [6.07, 6.45) is 11.6. The van der Waals surface area contributed by atoms with Crippen molar-refractivity contribution in [2.24, 2.45) is 17.8 Å². The molecule has 3 atom stereocenters. The van der Waals surface area contributed by atoms with Gasteiger partial charge in [0.2, 0.25) is 5.91 Å². The lowest BCUT2D eigenvalue weighted by atomic mass is 9.82. The Hall–Kier alpha value is -2.15. The molecule has 2 amide bonds. The molecule has 0 unspecified atom stereocenters. The van der Waals surface area contributed by atoms with Crippen molar-refractivity contribution < 1.29 is 19.5 Å². The van der Waals surface area contributed by atoms with Gasteiger partial charge in [0.05, 0.1) is 17.4 Å². The van der Waals surface area contributed by atoms with Crippen LogP contribution in [0.25, 0.3) is 0 Å². The quantitative estimate of drug-likeness (QED) is 0.612. The van der Waals surface area contributed by atoms with Gasteiger partial charge in [0, 0.05) is 10.9 Å². The minimum absolute atomic E-state index is 0.0948. The van der Waals surface area contributed by atoms with Gasteiger partial charge >= 0.3 is 5.97 Å². The van der Waals surface area contributed by atoms with Crippen molar-refractivity contribution in [3.8, 4) is 0 Å². The summed E-state index contributed by atoms with van der Waals surface area (Å²) in [6, 6.07) is 0.207. The summed E-state index contributed by atoms with van der Waals surface area (Å²) < 4.78 is 0. The van der Waals surface area contributed by atoms with E-state index in [0.29, 0.717) is 29.3 Å². The van der Waals surface area contributed by atoms with Crippen LogP contribution in [0.1, 0.15) is 72.7 Å². The zero-order valence-electron chi connectivity index (χ0n) is 17.4. The molecule has 0 bridgehead atoms. The predicted molar refractivity (Wildman–Crippen MR) is 117 cm³/mol. The number of amides is 2. The molecule has 0 radical (unpaired) electrons. The maximum absolute atomic E-state index is 13.2. The van der Waals surface area contributed by atoms with Gasteiger partial charge in [0.25, 0.3) is 5.91 Å². The molecule has 4 rings (SSSR count). The van der Waals surface area contributed by atoms with Crippen LogP contribution < -0.4 is 10.6 Å². The van der Waals surface area contributed by atoms with Crippen LogP contribution in [-0.2, 0) is 22.4 Å². The Labute approximate surface area is 181 Å². The van der Waals surface area contributed by atoms with Crippen molar-refractivity contribution in [2.75, 3.05) is 5.32 Å². The molecule has 1 fully saturated rings. The molecule has 1 saturated carbocycles. The Balaban J connectivity index is 1.60. The number of anilines is 1. The van der Waals surface area contributed by atoms with E-state index in [2.05, 4.69) is 17.6 Å². The smallest absolute Gasteiger partial charge is 0.307 e. The highest BCUT2D eigenvalue weighted by Crippen LogP contribution is 2.40. The van der Waals surface area contributed by atoms with Crippen molar-refractivity contribution in [1.29, 1.82) is 0 Å². The second-order valence-corrected chi connectivity index (χ2v) is 10.1. The molecule has 0 aromatic carbocycles. The van der Waals surface area contributed by atoms with Crippen LogP contribution in [-0.4, -0.2) is 28.9 Å². The minimum Gasteiger partial charge on any atom is -0.481 e. The number of carboxylic acid groups (broad SMARTS) is 1. The summed E-state index contributed by atoms with van der Waals surface area (Å²) in [7, 11) is 0. The number of carboxylic acids is 1. The van der Waals surface area contributed by atoms with Crippen LogP contribution in [0.4, 0.5) is 5.00 Å². The van der Waals surface area contributed by atoms with E-state index >= 15 is 0 Å². The number of aliphatic carboxylic acids is 1. The SMILES string of the molecule is C[C@@H]1CCc2c(sc(NC(=O)[C@H]3CC=CC[C@@H]3C(=O)O)c2C(=O)NC2CCCC2)C1. The Bertz CT molecular complexity index is 869. The van der Waals surface area contributed by atoms with Gasteiger partial charge in [-0.05, 0) is 56.4 Å². The topological polar surface area (TPSA) is 95.5 Å². The molecule has 1 heterocycles. The molecule has 7 heteroatoms. The minimum atomic E-state index is -0.946. The first-order chi connectivity index (χ1) is 14.4. The van der Waals surface area contributed by atoms with Crippen LogP contribution in [0, 0.1) is 17.8 Å².